The fraction of sp³-hybridized carbons (Fsp3) is 0.417. The summed E-state index contributed by atoms with van der Waals surface area (Å²) < 4.78 is 0. The van der Waals surface area contributed by atoms with Crippen molar-refractivity contribution in [2.24, 2.45) is 0 Å². The van der Waals surface area contributed by atoms with E-state index in [1.807, 2.05) is 0 Å². The Labute approximate surface area is 105 Å². The van der Waals surface area contributed by atoms with Crippen LogP contribution in [0.15, 0.2) is 18.5 Å². The number of aromatic nitrogens is 1. The van der Waals surface area contributed by atoms with E-state index in [0.717, 1.165) is 12.8 Å². The molecule has 1 heterocycles. The van der Waals surface area contributed by atoms with Crippen LogP contribution in [0.25, 0.3) is 0 Å². The smallest absolute Gasteiger partial charge is 0.255 e. The quantitative estimate of drug-likeness (QED) is 0.691. The van der Waals surface area contributed by atoms with E-state index in [9.17, 15) is 9.59 Å². The Balaban J connectivity index is 1.88. The fourth-order valence-corrected chi connectivity index (χ4v) is 1.56. The molecule has 0 aromatic carbocycles. The monoisotopic (exact) mass is 248 g/mol. The Hall–Kier alpha value is -2.11. The second kappa shape index (κ2) is 5.48. The zero-order valence-electron chi connectivity index (χ0n) is 10.2. The molecule has 2 amide bonds. The minimum atomic E-state index is -0.307. The van der Waals surface area contributed by atoms with E-state index in [-0.39, 0.29) is 18.4 Å². The Morgan fingerprint density at radius 1 is 1.44 bits per heavy atom. The summed E-state index contributed by atoms with van der Waals surface area (Å²) in [6.07, 6.45) is 5.14. The maximum Gasteiger partial charge on any atom is 0.255 e. The number of pyridine rings is 1. The number of nitrogens with zero attached hydrogens (tertiary/aromatic N) is 1. The topological polar surface area (TPSA) is 83.1 Å². The van der Waals surface area contributed by atoms with E-state index >= 15 is 0 Å². The average molecular weight is 248 g/mol. The minimum Gasteiger partial charge on any atom is -0.387 e. The van der Waals surface area contributed by atoms with E-state index in [2.05, 4.69) is 20.9 Å². The van der Waals surface area contributed by atoms with Gasteiger partial charge in [0.05, 0.1) is 12.1 Å². The van der Waals surface area contributed by atoms with Crippen LogP contribution in [0.4, 0.5) is 5.69 Å². The highest BCUT2D eigenvalue weighted by atomic mass is 16.2. The van der Waals surface area contributed by atoms with E-state index in [1.54, 1.807) is 19.3 Å². The van der Waals surface area contributed by atoms with Crippen LogP contribution in [-0.4, -0.2) is 36.4 Å². The molecule has 96 valence electrons. The highest BCUT2D eigenvalue weighted by Gasteiger charge is 2.23. The number of carbonyl (C=O) groups excluding carboxylic acids is 2. The highest BCUT2D eigenvalue weighted by molar-refractivity contribution is 6.00. The molecule has 1 aliphatic rings. The van der Waals surface area contributed by atoms with Gasteiger partial charge in [0.1, 0.15) is 0 Å². The number of rotatable bonds is 5. The van der Waals surface area contributed by atoms with Crippen LogP contribution in [0.3, 0.4) is 0 Å². The normalized spacial score (nSPS) is 13.8. The van der Waals surface area contributed by atoms with Gasteiger partial charge in [-0.05, 0) is 18.9 Å². The Kier molecular flexibility index (Phi) is 3.76. The first-order valence-corrected chi connectivity index (χ1v) is 5.90. The van der Waals surface area contributed by atoms with Crippen LogP contribution in [0.1, 0.15) is 23.2 Å². The molecule has 1 aromatic heterocycles. The van der Waals surface area contributed by atoms with Gasteiger partial charge in [0.15, 0.2) is 0 Å². The van der Waals surface area contributed by atoms with Crippen molar-refractivity contribution in [1.29, 1.82) is 0 Å². The molecule has 6 nitrogen and oxygen atoms in total. The van der Waals surface area contributed by atoms with Crippen LogP contribution in [0.2, 0.25) is 0 Å². The molecule has 2 rings (SSSR count). The second-order valence-electron chi connectivity index (χ2n) is 4.20. The first-order chi connectivity index (χ1) is 8.70. The third-order valence-corrected chi connectivity index (χ3v) is 2.69. The van der Waals surface area contributed by atoms with E-state index in [4.69, 9.17) is 0 Å². The molecule has 0 radical (unpaired) electrons. The molecule has 3 N–H and O–H groups in total. The van der Waals surface area contributed by atoms with Crippen molar-refractivity contribution >= 4 is 17.5 Å². The molecule has 18 heavy (non-hydrogen) atoms. The number of hydrogen-bond acceptors (Lipinski definition) is 4. The van der Waals surface area contributed by atoms with Gasteiger partial charge in [0, 0.05) is 31.2 Å². The van der Waals surface area contributed by atoms with Gasteiger partial charge in [0.2, 0.25) is 5.91 Å². The SMILES string of the molecule is CNc1ccncc1C(=O)NCC(=O)NC1CC1. The highest BCUT2D eigenvalue weighted by Crippen LogP contribution is 2.18. The summed E-state index contributed by atoms with van der Waals surface area (Å²) in [5.74, 6) is -0.459. The molecule has 6 heteroatoms. The van der Waals surface area contributed by atoms with Crippen molar-refractivity contribution in [3.05, 3.63) is 24.0 Å². The van der Waals surface area contributed by atoms with Crippen LogP contribution in [0.5, 0.6) is 0 Å². The number of nitrogens with one attached hydrogen (secondary N) is 3. The molecular formula is C12H16N4O2. The van der Waals surface area contributed by atoms with Gasteiger partial charge in [-0.25, -0.2) is 0 Å². The zero-order chi connectivity index (χ0) is 13.0. The summed E-state index contributed by atoms with van der Waals surface area (Å²) in [6.45, 7) is -0.00657. The molecule has 1 aliphatic carbocycles. The maximum atomic E-state index is 11.9. The van der Waals surface area contributed by atoms with Crippen molar-refractivity contribution in [2.45, 2.75) is 18.9 Å². The van der Waals surface area contributed by atoms with Gasteiger partial charge < -0.3 is 16.0 Å². The lowest BCUT2D eigenvalue weighted by atomic mass is 10.2. The molecule has 0 atom stereocenters. The molecule has 0 bridgehead atoms. The summed E-state index contributed by atoms with van der Waals surface area (Å²) >= 11 is 0. The molecule has 1 aromatic rings. The third-order valence-electron chi connectivity index (χ3n) is 2.69. The number of anilines is 1. The molecular weight excluding hydrogens is 232 g/mol. The van der Waals surface area contributed by atoms with Gasteiger partial charge in [-0.3, -0.25) is 14.6 Å². The van der Waals surface area contributed by atoms with Crippen molar-refractivity contribution < 1.29 is 9.59 Å². The van der Waals surface area contributed by atoms with Gasteiger partial charge in [-0.15, -0.1) is 0 Å². The minimum absolute atomic E-state index is 0.00657. The standard InChI is InChI=1S/C12H16N4O2/c1-13-10-4-5-14-6-9(10)12(18)15-7-11(17)16-8-2-3-8/h4-6,8H,2-3,7H2,1H3,(H,13,14)(H,15,18)(H,16,17). The Bertz CT molecular complexity index is 457. The first-order valence-electron chi connectivity index (χ1n) is 5.90. The summed E-state index contributed by atoms with van der Waals surface area (Å²) in [5.41, 5.74) is 1.12. The largest absolute Gasteiger partial charge is 0.387 e. The maximum absolute atomic E-state index is 11.9. The fourth-order valence-electron chi connectivity index (χ4n) is 1.56. The average Bonchev–Trinajstić information content (AvgIpc) is 3.19. The van der Waals surface area contributed by atoms with Crippen LogP contribution in [0, 0.1) is 0 Å². The van der Waals surface area contributed by atoms with Crippen LogP contribution < -0.4 is 16.0 Å². The van der Waals surface area contributed by atoms with Crippen molar-refractivity contribution in [2.75, 3.05) is 18.9 Å². The van der Waals surface area contributed by atoms with Gasteiger partial charge >= 0.3 is 0 Å². The van der Waals surface area contributed by atoms with Crippen molar-refractivity contribution in [3.8, 4) is 0 Å². The molecule has 1 fully saturated rings. The molecule has 0 aliphatic heterocycles. The molecule has 0 spiro atoms. The third kappa shape index (κ3) is 3.19. The molecule has 0 unspecified atom stereocenters. The van der Waals surface area contributed by atoms with Gasteiger partial charge in [0.25, 0.3) is 5.91 Å². The molecule has 0 saturated heterocycles. The summed E-state index contributed by atoms with van der Waals surface area (Å²) in [5, 5.41) is 8.28. The van der Waals surface area contributed by atoms with E-state index < -0.39 is 0 Å². The predicted octanol–water partition coefficient (Wildman–Crippen LogP) is 0.132. The lowest BCUT2D eigenvalue weighted by Gasteiger charge is -2.09. The lowest BCUT2D eigenvalue weighted by molar-refractivity contribution is -0.120. The first kappa shape index (κ1) is 12.3. The van der Waals surface area contributed by atoms with Crippen molar-refractivity contribution in [3.63, 3.8) is 0 Å². The van der Waals surface area contributed by atoms with Crippen LogP contribution >= 0.6 is 0 Å². The number of carbonyl (C=O) groups is 2. The zero-order valence-corrected chi connectivity index (χ0v) is 10.2. The number of hydrogen-bond donors (Lipinski definition) is 3. The summed E-state index contributed by atoms with van der Waals surface area (Å²) in [6, 6.07) is 2.01. The van der Waals surface area contributed by atoms with E-state index in [1.165, 1.54) is 6.20 Å². The van der Waals surface area contributed by atoms with E-state index in [0.29, 0.717) is 17.3 Å². The second-order valence-corrected chi connectivity index (χ2v) is 4.20. The van der Waals surface area contributed by atoms with Gasteiger partial charge in [-0.2, -0.15) is 0 Å². The Morgan fingerprint density at radius 3 is 2.89 bits per heavy atom. The summed E-state index contributed by atoms with van der Waals surface area (Å²) in [7, 11) is 1.73. The molecule has 1 saturated carbocycles. The van der Waals surface area contributed by atoms with Crippen molar-refractivity contribution in [1.82, 2.24) is 15.6 Å². The lowest BCUT2D eigenvalue weighted by Crippen LogP contribution is -2.38. The predicted molar refractivity (Wildman–Crippen MR) is 67.3 cm³/mol. The van der Waals surface area contributed by atoms with Crippen LogP contribution in [-0.2, 0) is 4.79 Å². The number of amides is 2. The Morgan fingerprint density at radius 2 is 2.22 bits per heavy atom. The van der Waals surface area contributed by atoms with Gasteiger partial charge in [-0.1, -0.05) is 0 Å². The summed E-state index contributed by atoms with van der Waals surface area (Å²) in [4.78, 5) is 27.2.